The smallest absolute Gasteiger partial charge is 0.330 e. The molecule has 0 spiro atoms. The van der Waals surface area contributed by atoms with Gasteiger partial charge >= 0.3 is 5.69 Å². The first kappa shape index (κ1) is 22.8. The summed E-state index contributed by atoms with van der Waals surface area (Å²) in [5, 5.41) is 7.14. The summed E-state index contributed by atoms with van der Waals surface area (Å²) in [5.41, 5.74) is 4.60. The van der Waals surface area contributed by atoms with Gasteiger partial charge in [-0.2, -0.15) is 0 Å². The van der Waals surface area contributed by atoms with Crippen LogP contribution in [0, 0.1) is 5.41 Å². The van der Waals surface area contributed by atoms with E-state index in [0.717, 1.165) is 35.6 Å². The van der Waals surface area contributed by atoms with Gasteiger partial charge < -0.3 is 9.80 Å². The number of nitrogens with zero attached hydrogens (tertiary/aromatic N) is 7. The Hall–Kier alpha value is -3.95. The van der Waals surface area contributed by atoms with Crippen molar-refractivity contribution < 1.29 is 9.42 Å². The Bertz CT molecular complexity index is 1400. The molecular formula is C25H29N7O3. The number of fused-ring (bicyclic) bond motifs is 1. The van der Waals surface area contributed by atoms with Crippen molar-refractivity contribution in [3.05, 3.63) is 58.8 Å². The normalized spacial score (nSPS) is 14.6. The van der Waals surface area contributed by atoms with Gasteiger partial charge in [0.2, 0.25) is 0 Å². The minimum Gasteiger partial charge on any atom is -0.368 e. The summed E-state index contributed by atoms with van der Waals surface area (Å²) in [6.45, 7) is 9.65. The van der Waals surface area contributed by atoms with Crippen LogP contribution in [0.25, 0.3) is 22.4 Å². The van der Waals surface area contributed by atoms with E-state index < -0.39 is 0 Å². The topological polar surface area (TPSA) is 102 Å². The van der Waals surface area contributed by atoms with Gasteiger partial charge in [-0.15, -0.1) is 0 Å². The number of imidazole rings is 1. The van der Waals surface area contributed by atoms with Gasteiger partial charge in [0.1, 0.15) is 6.20 Å². The zero-order valence-electron chi connectivity index (χ0n) is 20.4. The molecule has 0 saturated carbocycles. The van der Waals surface area contributed by atoms with E-state index in [0.29, 0.717) is 25.3 Å². The molecule has 3 aromatic heterocycles. The first-order chi connectivity index (χ1) is 16.7. The molecule has 0 atom stereocenters. The lowest BCUT2D eigenvalue weighted by molar-refractivity contribution is 0.0735. The number of pyridine rings is 1. The molecule has 0 bridgehead atoms. The summed E-state index contributed by atoms with van der Waals surface area (Å²) in [6.07, 6.45) is 1.34. The highest BCUT2D eigenvalue weighted by atomic mass is 16.6. The number of hydrogen-bond acceptors (Lipinski definition) is 7. The summed E-state index contributed by atoms with van der Waals surface area (Å²) >= 11 is 0. The Labute approximate surface area is 202 Å². The molecule has 0 aliphatic carbocycles. The molecule has 4 heterocycles. The highest BCUT2D eigenvalue weighted by Crippen LogP contribution is 2.26. The molecule has 1 amide bonds. The lowest BCUT2D eigenvalue weighted by Crippen LogP contribution is -2.48. The predicted octanol–water partition coefficient (Wildman–Crippen LogP) is 2.79. The van der Waals surface area contributed by atoms with Crippen LogP contribution in [0.1, 0.15) is 31.3 Å². The molecule has 4 aromatic rings. The molecule has 1 aliphatic rings. The third kappa shape index (κ3) is 4.43. The number of aromatic nitrogens is 5. The van der Waals surface area contributed by atoms with Crippen molar-refractivity contribution in [1.82, 2.24) is 29.3 Å². The Morgan fingerprint density at radius 2 is 1.74 bits per heavy atom. The van der Waals surface area contributed by atoms with Gasteiger partial charge in [-0.05, 0) is 34.8 Å². The fourth-order valence-corrected chi connectivity index (χ4v) is 4.49. The molecule has 182 valence electrons. The molecule has 0 unspecified atom stereocenters. The monoisotopic (exact) mass is 475 g/mol. The van der Waals surface area contributed by atoms with Gasteiger partial charge in [0.05, 0.1) is 11.2 Å². The summed E-state index contributed by atoms with van der Waals surface area (Å²) in [6, 6.07) is 12.2. The van der Waals surface area contributed by atoms with Crippen molar-refractivity contribution in [3.63, 3.8) is 0 Å². The molecule has 35 heavy (non-hydrogen) atoms. The SMILES string of the molecule is Cn1c(=O)n(CC(C)(C)C)c2ccc(-c3ccc(N4CCN(C(=O)c5cnon5)CC4)cc3)nc21. The van der Waals surface area contributed by atoms with Crippen molar-refractivity contribution >= 4 is 22.8 Å². The third-order valence-corrected chi connectivity index (χ3v) is 6.29. The number of hydrogen-bond donors (Lipinski definition) is 0. The number of carbonyl (C=O) groups excluding carboxylic acids is 1. The summed E-state index contributed by atoms with van der Waals surface area (Å²) in [5.74, 6) is -0.159. The van der Waals surface area contributed by atoms with E-state index in [1.165, 1.54) is 6.20 Å². The maximum Gasteiger partial charge on any atom is 0.330 e. The van der Waals surface area contributed by atoms with E-state index in [4.69, 9.17) is 4.98 Å². The third-order valence-electron chi connectivity index (χ3n) is 6.29. The van der Waals surface area contributed by atoms with Crippen LogP contribution in [0.15, 0.2) is 52.0 Å². The molecule has 1 fully saturated rings. The predicted molar refractivity (Wildman–Crippen MR) is 132 cm³/mol. The molecule has 5 rings (SSSR count). The zero-order valence-corrected chi connectivity index (χ0v) is 20.4. The number of aryl methyl sites for hydroxylation is 1. The van der Waals surface area contributed by atoms with Crippen molar-refractivity contribution in [2.75, 3.05) is 31.1 Å². The number of anilines is 1. The van der Waals surface area contributed by atoms with E-state index in [1.807, 2.05) is 24.3 Å². The second kappa shape index (κ2) is 8.68. The second-order valence-electron chi connectivity index (χ2n) is 10.1. The highest BCUT2D eigenvalue weighted by molar-refractivity contribution is 5.92. The van der Waals surface area contributed by atoms with Crippen molar-refractivity contribution in [2.24, 2.45) is 12.5 Å². The maximum atomic E-state index is 12.8. The standard InChI is InChI=1S/C25H29N7O3/c1-25(2,3)16-32-21-10-9-19(27-22(21)29(4)24(32)34)17-5-7-18(8-6-17)30-11-13-31(14-12-30)23(33)20-15-26-35-28-20/h5-10,15H,11-14,16H2,1-4H3. The van der Waals surface area contributed by atoms with Gasteiger partial charge in [0, 0.05) is 51.0 Å². The van der Waals surface area contributed by atoms with E-state index >= 15 is 0 Å². The minimum atomic E-state index is -0.159. The van der Waals surface area contributed by atoms with Gasteiger partial charge in [-0.1, -0.05) is 38.1 Å². The first-order valence-corrected chi connectivity index (χ1v) is 11.7. The maximum absolute atomic E-state index is 12.8. The van der Waals surface area contributed by atoms with Gasteiger partial charge in [0.15, 0.2) is 11.3 Å². The molecule has 10 nitrogen and oxygen atoms in total. The van der Waals surface area contributed by atoms with Crippen LogP contribution in [-0.4, -0.2) is 61.4 Å². The van der Waals surface area contributed by atoms with Crippen LogP contribution >= 0.6 is 0 Å². The first-order valence-electron chi connectivity index (χ1n) is 11.7. The van der Waals surface area contributed by atoms with E-state index in [-0.39, 0.29) is 22.7 Å². The second-order valence-corrected chi connectivity index (χ2v) is 10.1. The number of amides is 1. The molecule has 1 aromatic carbocycles. The molecule has 0 N–H and O–H groups in total. The van der Waals surface area contributed by atoms with Crippen molar-refractivity contribution in [2.45, 2.75) is 27.3 Å². The summed E-state index contributed by atoms with van der Waals surface area (Å²) < 4.78 is 7.96. The quantitative estimate of drug-likeness (QED) is 0.447. The lowest BCUT2D eigenvalue weighted by atomic mass is 9.97. The van der Waals surface area contributed by atoms with E-state index in [1.54, 1.807) is 21.1 Å². The van der Waals surface area contributed by atoms with Crippen LogP contribution in [-0.2, 0) is 13.6 Å². The van der Waals surface area contributed by atoms with Crippen molar-refractivity contribution in [3.8, 4) is 11.3 Å². The van der Waals surface area contributed by atoms with Crippen molar-refractivity contribution in [1.29, 1.82) is 0 Å². The fourth-order valence-electron chi connectivity index (χ4n) is 4.49. The molecule has 10 heteroatoms. The Kier molecular flexibility index (Phi) is 5.66. The average Bonchev–Trinajstić information content (AvgIpc) is 3.47. The van der Waals surface area contributed by atoms with Crippen LogP contribution in [0.4, 0.5) is 5.69 Å². The fraction of sp³-hybridized carbons (Fsp3) is 0.400. The zero-order chi connectivity index (χ0) is 24.7. The molecule has 0 radical (unpaired) electrons. The van der Waals surface area contributed by atoms with E-state index in [9.17, 15) is 9.59 Å². The lowest BCUT2D eigenvalue weighted by Gasteiger charge is -2.35. The Balaban J connectivity index is 1.32. The number of piperazine rings is 1. The van der Waals surface area contributed by atoms with Gasteiger partial charge in [-0.25, -0.2) is 14.4 Å². The van der Waals surface area contributed by atoms with Gasteiger partial charge in [-0.3, -0.25) is 13.9 Å². The molecular weight excluding hydrogens is 446 g/mol. The Morgan fingerprint density at radius 1 is 1.03 bits per heavy atom. The van der Waals surface area contributed by atoms with Crippen LogP contribution in [0.2, 0.25) is 0 Å². The number of rotatable bonds is 4. The van der Waals surface area contributed by atoms with Crippen LogP contribution in [0.5, 0.6) is 0 Å². The largest absolute Gasteiger partial charge is 0.368 e. The van der Waals surface area contributed by atoms with Crippen LogP contribution in [0.3, 0.4) is 0 Å². The summed E-state index contributed by atoms with van der Waals surface area (Å²) in [7, 11) is 1.77. The van der Waals surface area contributed by atoms with Crippen LogP contribution < -0.4 is 10.6 Å². The van der Waals surface area contributed by atoms with Gasteiger partial charge in [0.25, 0.3) is 5.91 Å². The average molecular weight is 476 g/mol. The highest BCUT2D eigenvalue weighted by Gasteiger charge is 2.24. The molecule has 1 aliphatic heterocycles. The molecule has 1 saturated heterocycles. The number of benzene rings is 1. The number of carbonyl (C=O) groups is 1. The summed E-state index contributed by atoms with van der Waals surface area (Å²) in [4.78, 5) is 34.1. The Morgan fingerprint density at radius 3 is 2.37 bits per heavy atom. The van der Waals surface area contributed by atoms with E-state index in [2.05, 4.69) is 52.7 Å². The minimum absolute atomic E-state index is 0.0152.